The largest absolute Gasteiger partial charge is 0.437 e. The maximum Gasteiger partial charge on any atom is 0.256 e. The Hall–Kier alpha value is -0.480. The summed E-state index contributed by atoms with van der Waals surface area (Å²) in [7, 11) is 0. The standard InChI is InChI=1S/C9H15NO2S/c1-6(4-11)5-13-9-10-7(2)8(3)12-9/h6,11H,4-5H2,1-3H3. The molecule has 0 radical (unpaired) electrons. The van der Waals surface area contributed by atoms with Crippen molar-refractivity contribution in [1.82, 2.24) is 4.98 Å². The van der Waals surface area contributed by atoms with Crippen molar-refractivity contribution in [2.24, 2.45) is 5.92 Å². The molecule has 1 atom stereocenters. The fourth-order valence-corrected chi connectivity index (χ4v) is 1.69. The zero-order valence-corrected chi connectivity index (χ0v) is 9.02. The smallest absolute Gasteiger partial charge is 0.256 e. The molecule has 0 saturated carbocycles. The highest BCUT2D eigenvalue weighted by Gasteiger charge is 2.08. The molecule has 0 aliphatic rings. The second-order valence-corrected chi connectivity index (χ2v) is 4.19. The Balaban J connectivity index is 2.45. The quantitative estimate of drug-likeness (QED) is 0.757. The fourth-order valence-electron chi connectivity index (χ4n) is 0.771. The Morgan fingerprint density at radius 1 is 1.54 bits per heavy atom. The van der Waals surface area contributed by atoms with Gasteiger partial charge in [0.2, 0.25) is 0 Å². The van der Waals surface area contributed by atoms with E-state index in [-0.39, 0.29) is 12.5 Å². The first kappa shape index (κ1) is 10.6. The molecule has 1 rings (SSSR count). The summed E-state index contributed by atoms with van der Waals surface area (Å²) in [4.78, 5) is 4.23. The molecule has 0 amide bonds. The normalized spacial score (nSPS) is 13.2. The highest BCUT2D eigenvalue weighted by molar-refractivity contribution is 7.99. The summed E-state index contributed by atoms with van der Waals surface area (Å²) in [5, 5.41) is 9.51. The summed E-state index contributed by atoms with van der Waals surface area (Å²) < 4.78 is 5.38. The van der Waals surface area contributed by atoms with Gasteiger partial charge in [0.25, 0.3) is 5.22 Å². The molecule has 3 nitrogen and oxygen atoms in total. The highest BCUT2D eigenvalue weighted by atomic mass is 32.2. The van der Waals surface area contributed by atoms with Crippen molar-refractivity contribution < 1.29 is 9.52 Å². The van der Waals surface area contributed by atoms with Crippen molar-refractivity contribution >= 4 is 11.8 Å². The fraction of sp³-hybridized carbons (Fsp3) is 0.667. The second kappa shape index (κ2) is 4.67. The van der Waals surface area contributed by atoms with Crippen LogP contribution in [-0.4, -0.2) is 22.5 Å². The SMILES string of the molecule is Cc1nc(SCC(C)CO)oc1C. The number of thioether (sulfide) groups is 1. The summed E-state index contributed by atoms with van der Waals surface area (Å²) >= 11 is 1.55. The lowest BCUT2D eigenvalue weighted by molar-refractivity contribution is 0.250. The first-order valence-corrected chi connectivity index (χ1v) is 5.29. The lowest BCUT2D eigenvalue weighted by atomic mass is 10.2. The van der Waals surface area contributed by atoms with Crippen LogP contribution in [0.3, 0.4) is 0 Å². The summed E-state index contributed by atoms with van der Waals surface area (Å²) in [5.41, 5.74) is 0.944. The lowest BCUT2D eigenvalue weighted by Gasteiger charge is -2.03. The maximum absolute atomic E-state index is 8.81. The summed E-state index contributed by atoms with van der Waals surface area (Å²) in [5.74, 6) is 2.01. The molecular weight excluding hydrogens is 186 g/mol. The molecular formula is C9H15NO2S. The predicted molar refractivity (Wildman–Crippen MR) is 53.0 cm³/mol. The second-order valence-electron chi connectivity index (χ2n) is 3.22. The first-order valence-electron chi connectivity index (χ1n) is 4.31. The number of hydrogen-bond acceptors (Lipinski definition) is 4. The van der Waals surface area contributed by atoms with Gasteiger partial charge in [-0.15, -0.1) is 0 Å². The van der Waals surface area contributed by atoms with E-state index in [0.29, 0.717) is 5.22 Å². The molecule has 1 aromatic rings. The highest BCUT2D eigenvalue weighted by Crippen LogP contribution is 2.21. The maximum atomic E-state index is 8.81. The number of aliphatic hydroxyl groups is 1. The van der Waals surface area contributed by atoms with E-state index in [1.165, 1.54) is 0 Å². The lowest BCUT2D eigenvalue weighted by Crippen LogP contribution is -2.02. The van der Waals surface area contributed by atoms with Crippen molar-refractivity contribution in [1.29, 1.82) is 0 Å². The van der Waals surface area contributed by atoms with Crippen molar-refractivity contribution in [2.75, 3.05) is 12.4 Å². The molecule has 0 aliphatic carbocycles. The topological polar surface area (TPSA) is 46.3 Å². The number of aromatic nitrogens is 1. The van der Waals surface area contributed by atoms with Crippen LogP contribution in [0, 0.1) is 19.8 Å². The van der Waals surface area contributed by atoms with Crippen molar-refractivity contribution in [3.05, 3.63) is 11.5 Å². The van der Waals surface area contributed by atoms with Gasteiger partial charge in [0.1, 0.15) is 5.76 Å². The van der Waals surface area contributed by atoms with E-state index >= 15 is 0 Å². The van der Waals surface area contributed by atoms with Gasteiger partial charge in [0.05, 0.1) is 5.69 Å². The monoisotopic (exact) mass is 201 g/mol. The van der Waals surface area contributed by atoms with Crippen LogP contribution < -0.4 is 0 Å². The summed E-state index contributed by atoms with van der Waals surface area (Å²) in [6.45, 7) is 6.04. The molecule has 1 unspecified atom stereocenters. The van der Waals surface area contributed by atoms with Gasteiger partial charge in [0.15, 0.2) is 0 Å². The molecule has 0 bridgehead atoms. The van der Waals surface area contributed by atoms with Crippen LogP contribution in [0.1, 0.15) is 18.4 Å². The third kappa shape index (κ3) is 3.04. The van der Waals surface area contributed by atoms with Gasteiger partial charge in [-0.1, -0.05) is 18.7 Å². The number of aryl methyl sites for hydroxylation is 2. The number of nitrogens with zero attached hydrogens (tertiary/aromatic N) is 1. The number of rotatable bonds is 4. The molecule has 0 spiro atoms. The van der Waals surface area contributed by atoms with E-state index < -0.39 is 0 Å². The van der Waals surface area contributed by atoms with Crippen molar-refractivity contribution in [3.63, 3.8) is 0 Å². The molecule has 0 saturated heterocycles. The molecule has 13 heavy (non-hydrogen) atoms. The van der Waals surface area contributed by atoms with Gasteiger partial charge in [-0.25, -0.2) is 4.98 Å². The molecule has 0 aliphatic heterocycles. The Kier molecular flexibility index (Phi) is 3.81. The van der Waals surface area contributed by atoms with E-state index in [1.54, 1.807) is 11.8 Å². The van der Waals surface area contributed by atoms with Crippen LogP contribution >= 0.6 is 11.8 Å². The molecule has 1 N–H and O–H groups in total. The van der Waals surface area contributed by atoms with Gasteiger partial charge in [-0.2, -0.15) is 0 Å². The minimum atomic E-state index is 0.214. The zero-order valence-electron chi connectivity index (χ0n) is 8.20. The van der Waals surface area contributed by atoms with Crippen LogP contribution in [0.4, 0.5) is 0 Å². The van der Waals surface area contributed by atoms with E-state index in [0.717, 1.165) is 17.2 Å². The predicted octanol–water partition coefficient (Wildman–Crippen LogP) is 2.01. The number of hydrogen-bond donors (Lipinski definition) is 1. The van der Waals surface area contributed by atoms with Gasteiger partial charge in [0, 0.05) is 12.4 Å². The van der Waals surface area contributed by atoms with E-state index in [1.807, 2.05) is 20.8 Å². The van der Waals surface area contributed by atoms with Crippen LogP contribution in [0.5, 0.6) is 0 Å². The van der Waals surface area contributed by atoms with Gasteiger partial charge < -0.3 is 9.52 Å². The Labute approximate surface area is 82.6 Å². The van der Waals surface area contributed by atoms with Gasteiger partial charge in [-0.3, -0.25) is 0 Å². The Morgan fingerprint density at radius 2 is 2.23 bits per heavy atom. The summed E-state index contributed by atoms with van der Waals surface area (Å²) in [6, 6.07) is 0. The van der Waals surface area contributed by atoms with Crippen molar-refractivity contribution in [3.8, 4) is 0 Å². The van der Waals surface area contributed by atoms with Gasteiger partial charge >= 0.3 is 0 Å². The number of aliphatic hydroxyl groups excluding tert-OH is 1. The van der Waals surface area contributed by atoms with E-state index in [4.69, 9.17) is 9.52 Å². The Morgan fingerprint density at radius 3 is 2.69 bits per heavy atom. The molecule has 4 heteroatoms. The third-order valence-electron chi connectivity index (χ3n) is 1.81. The van der Waals surface area contributed by atoms with Gasteiger partial charge in [-0.05, 0) is 19.8 Å². The molecule has 0 fully saturated rings. The molecule has 74 valence electrons. The minimum absolute atomic E-state index is 0.214. The third-order valence-corrected chi connectivity index (χ3v) is 2.97. The van der Waals surface area contributed by atoms with Crippen LogP contribution in [-0.2, 0) is 0 Å². The van der Waals surface area contributed by atoms with Crippen molar-refractivity contribution in [2.45, 2.75) is 26.0 Å². The Bertz CT molecular complexity index is 253. The van der Waals surface area contributed by atoms with Crippen LogP contribution in [0.25, 0.3) is 0 Å². The van der Waals surface area contributed by atoms with E-state index in [2.05, 4.69) is 4.98 Å². The average molecular weight is 201 g/mol. The molecule has 1 heterocycles. The molecule has 0 aromatic carbocycles. The zero-order chi connectivity index (χ0) is 9.84. The van der Waals surface area contributed by atoms with E-state index in [9.17, 15) is 0 Å². The minimum Gasteiger partial charge on any atom is -0.437 e. The number of oxazole rings is 1. The first-order chi connectivity index (χ1) is 6.13. The van der Waals surface area contributed by atoms with Crippen LogP contribution in [0.2, 0.25) is 0 Å². The van der Waals surface area contributed by atoms with Crippen LogP contribution in [0.15, 0.2) is 9.64 Å². The summed E-state index contributed by atoms with van der Waals surface area (Å²) in [6.07, 6.45) is 0. The molecule has 1 aromatic heterocycles. The average Bonchev–Trinajstić information content (AvgIpc) is 2.42.